The molecule has 0 aliphatic carbocycles. The van der Waals surface area contributed by atoms with Gasteiger partial charge in [0.15, 0.2) is 0 Å². The third-order valence-electron chi connectivity index (χ3n) is 2.11. The number of hydrogen-bond acceptors (Lipinski definition) is 2. The van der Waals surface area contributed by atoms with E-state index in [1.807, 2.05) is 0 Å². The van der Waals surface area contributed by atoms with Gasteiger partial charge in [0.25, 0.3) is 0 Å². The highest BCUT2D eigenvalue weighted by atomic mass is 127. The molecule has 76 valence electrons. The predicted octanol–water partition coefficient (Wildman–Crippen LogP) is 1.35. The summed E-state index contributed by atoms with van der Waals surface area (Å²) in [5.74, 6) is -0.490. The SMILES string of the molecule is C=C(C(N)=O)C(N)(CI)CCCC. The molecule has 0 aromatic rings. The summed E-state index contributed by atoms with van der Waals surface area (Å²) in [5, 5.41) is 0. The van der Waals surface area contributed by atoms with E-state index in [0.29, 0.717) is 10.0 Å². The molecule has 0 aliphatic rings. The fraction of sp³-hybridized carbons (Fsp3) is 0.667. The zero-order valence-electron chi connectivity index (χ0n) is 7.98. The number of rotatable bonds is 6. The van der Waals surface area contributed by atoms with Gasteiger partial charge in [0.1, 0.15) is 0 Å². The van der Waals surface area contributed by atoms with Gasteiger partial charge in [-0.25, -0.2) is 0 Å². The van der Waals surface area contributed by atoms with Crippen LogP contribution in [0.2, 0.25) is 0 Å². The molecule has 0 rings (SSSR count). The fourth-order valence-electron chi connectivity index (χ4n) is 1.04. The first-order valence-corrected chi connectivity index (χ1v) is 5.84. The molecule has 0 fully saturated rings. The van der Waals surface area contributed by atoms with Crippen LogP contribution in [0.15, 0.2) is 12.2 Å². The molecule has 1 atom stereocenters. The van der Waals surface area contributed by atoms with E-state index in [-0.39, 0.29) is 0 Å². The molecule has 0 radical (unpaired) electrons. The zero-order chi connectivity index (χ0) is 10.5. The van der Waals surface area contributed by atoms with Crippen molar-refractivity contribution < 1.29 is 4.79 Å². The smallest absolute Gasteiger partial charge is 0.245 e. The van der Waals surface area contributed by atoms with Crippen molar-refractivity contribution in [3.05, 3.63) is 12.2 Å². The average Bonchev–Trinajstić information content (AvgIpc) is 2.12. The number of primary amides is 1. The number of halogens is 1. The first-order valence-electron chi connectivity index (χ1n) is 4.32. The Morgan fingerprint density at radius 2 is 2.15 bits per heavy atom. The maximum absolute atomic E-state index is 10.9. The van der Waals surface area contributed by atoms with Gasteiger partial charge < -0.3 is 11.5 Å². The Bertz CT molecular complexity index is 206. The molecular weight excluding hydrogens is 279 g/mol. The molecule has 0 heterocycles. The number of carbonyl (C=O) groups is 1. The van der Waals surface area contributed by atoms with Crippen LogP contribution in [0.3, 0.4) is 0 Å². The lowest BCUT2D eigenvalue weighted by Crippen LogP contribution is -2.47. The van der Waals surface area contributed by atoms with Crippen LogP contribution in [0.5, 0.6) is 0 Å². The molecule has 1 amide bonds. The normalized spacial score (nSPS) is 15.0. The summed E-state index contributed by atoms with van der Waals surface area (Å²) in [6.45, 7) is 5.73. The number of hydrogen-bond donors (Lipinski definition) is 2. The van der Waals surface area contributed by atoms with Gasteiger partial charge in [-0.3, -0.25) is 4.79 Å². The highest BCUT2D eigenvalue weighted by Gasteiger charge is 2.29. The van der Waals surface area contributed by atoms with Gasteiger partial charge in [-0.1, -0.05) is 48.9 Å². The van der Waals surface area contributed by atoms with E-state index >= 15 is 0 Å². The van der Waals surface area contributed by atoms with Crippen LogP contribution in [-0.4, -0.2) is 15.9 Å². The second kappa shape index (κ2) is 5.59. The molecule has 4 N–H and O–H groups in total. The van der Waals surface area contributed by atoms with Gasteiger partial charge in [-0.05, 0) is 6.42 Å². The summed E-state index contributed by atoms with van der Waals surface area (Å²) in [4.78, 5) is 10.9. The molecule has 13 heavy (non-hydrogen) atoms. The van der Waals surface area contributed by atoms with Crippen LogP contribution < -0.4 is 11.5 Å². The summed E-state index contributed by atoms with van der Waals surface area (Å²) < 4.78 is 0.673. The Morgan fingerprint density at radius 3 is 2.46 bits per heavy atom. The highest BCUT2D eigenvalue weighted by Crippen LogP contribution is 2.22. The molecule has 0 saturated carbocycles. The number of alkyl halides is 1. The molecule has 0 aliphatic heterocycles. The Morgan fingerprint density at radius 1 is 1.62 bits per heavy atom. The van der Waals surface area contributed by atoms with Crippen molar-refractivity contribution in [2.45, 2.75) is 31.7 Å². The number of nitrogens with two attached hydrogens (primary N) is 2. The topological polar surface area (TPSA) is 69.1 Å². The van der Waals surface area contributed by atoms with Crippen LogP contribution in [0.1, 0.15) is 26.2 Å². The first-order chi connectivity index (χ1) is 5.98. The summed E-state index contributed by atoms with van der Waals surface area (Å²) in [6.07, 6.45) is 2.82. The second-order valence-electron chi connectivity index (χ2n) is 3.24. The van der Waals surface area contributed by atoms with Crippen LogP contribution in [0.4, 0.5) is 0 Å². The van der Waals surface area contributed by atoms with Gasteiger partial charge in [0, 0.05) is 10.0 Å². The largest absolute Gasteiger partial charge is 0.366 e. The third kappa shape index (κ3) is 3.64. The average molecular weight is 296 g/mol. The van der Waals surface area contributed by atoms with E-state index in [9.17, 15) is 4.79 Å². The zero-order valence-corrected chi connectivity index (χ0v) is 10.1. The summed E-state index contributed by atoms with van der Waals surface area (Å²) in [6, 6.07) is 0. The maximum Gasteiger partial charge on any atom is 0.245 e. The number of unbranched alkanes of at least 4 members (excludes halogenated alkanes) is 1. The van der Waals surface area contributed by atoms with Crippen molar-refractivity contribution in [3.63, 3.8) is 0 Å². The van der Waals surface area contributed by atoms with Crippen LogP contribution in [-0.2, 0) is 4.79 Å². The van der Waals surface area contributed by atoms with Crippen molar-refractivity contribution in [3.8, 4) is 0 Å². The van der Waals surface area contributed by atoms with E-state index in [1.54, 1.807) is 0 Å². The molecule has 0 bridgehead atoms. The lowest BCUT2D eigenvalue weighted by Gasteiger charge is -2.27. The van der Waals surface area contributed by atoms with Crippen molar-refractivity contribution in [2.75, 3.05) is 4.43 Å². The quantitative estimate of drug-likeness (QED) is 0.441. The minimum atomic E-state index is -0.609. The van der Waals surface area contributed by atoms with Crippen molar-refractivity contribution in [1.29, 1.82) is 0 Å². The number of carbonyl (C=O) groups excluding carboxylic acids is 1. The molecule has 4 heteroatoms. The molecule has 0 aromatic heterocycles. The highest BCUT2D eigenvalue weighted by molar-refractivity contribution is 14.1. The van der Waals surface area contributed by atoms with Crippen molar-refractivity contribution in [2.24, 2.45) is 11.5 Å². The predicted molar refractivity (Wildman–Crippen MR) is 63.7 cm³/mol. The molecule has 1 unspecified atom stereocenters. The van der Waals surface area contributed by atoms with Gasteiger partial charge >= 0.3 is 0 Å². The van der Waals surface area contributed by atoms with Gasteiger partial charge in [-0.2, -0.15) is 0 Å². The first kappa shape index (κ1) is 12.9. The molecular formula is C9H17IN2O. The molecule has 3 nitrogen and oxygen atoms in total. The van der Waals surface area contributed by atoms with E-state index in [0.717, 1.165) is 19.3 Å². The summed E-state index contributed by atoms with van der Waals surface area (Å²) >= 11 is 2.16. The maximum atomic E-state index is 10.9. The lowest BCUT2D eigenvalue weighted by molar-refractivity contribution is -0.115. The Hall–Kier alpha value is -0.100. The summed E-state index contributed by atoms with van der Waals surface area (Å²) in [7, 11) is 0. The van der Waals surface area contributed by atoms with E-state index in [4.69, 9.17) is 11.5 Å². The van der Waals surface area contributed by atoms with E-state index in [1.165, 1.54) is 0 Å². The Labute approximate surface area is 93.1 Å². The van der Waals surface area contributed by atoms with Crippen molar-refractivity contribution >= 4 is 28.5 Å². The van der Waals surface area contributed by atoms with Crippen LogP contribution in [0, 0.1) is 0 Å². The third-order valence-corrected chi connectivity index (χ3v) is 3.47. The number of amides is 1. The minimum Gasteiger partial charge on any atom is -0.366 e. The molecule has 0 saturated heterocycles. The minimum absolute atomic E-state index is 0.343. The monoisotopic (exact) mass is 296 g/mol. The van der Waals surface area contributed by atoms with Crippen molar-refractivity contribution in [1.82, 2.24) is 0 Å². The second-order valence-corrected chi connectivity index (χ2v) is 4.00. The Kier molecular flexibility index (Phi) is 5.55. The van der Waals surface area contributed by atoms with E-state index in [2.05, 4.69) is 36.1 Å². The van der Waals surface area contributed by atoms with E-state index < -0.39 is 11.4 Å². The molecule has 0 spiro atoms. The lowest BCUT2D eigenvalue weighted by atomic mass is 9.88. The van der Waals surface area contributed by atoms with Gasteiger partial charge in [-0.15, -0.1) is 0 Å². The Balaban J connectivity index is 4.43. The summed E-state index contributed by atoms with van der Waals surface area (Å²) in [5.41, 5.74) is 10.9. The van der Waals surface area contributed by atoms with Gasteiger partial charge in [0.05, 0.1) is 5.54 Å². The van der Waals surface area contributed by atoms with Gasteiger partial charge in [0.2, 0.25) is 5.91 Å². The van der Waals surface area contributed by atoms with Crippen LogP contribution in [0.25, 0.3) is 0 Å². The molecule has 0 aromatic carbocycles. The fourth-order valence-corrected chi connectivity index (χ4v) is 1.88. The standard InChI is InChI=1S/C9H17IN2O/c1-3-4-5-9(12,6-10)7(2)8(11)13/h2-6,12H2,1H3,(H2,11,13). The van der Waals surface area contributed by atoms with Crippen LogP contribution >= 0.6 is 22.6 Å².